The van der Waals surface area contributed by atoms with Gasteiger partial charge in [0.2, 0.25) is 5.95 Å². The number of hydrogen-bond donors (Lipinski definition) is 2. The van der Waals surface area contributed by atoms with Gasteiger partial charge in [-0.05, 0) is 32.4 Å². The Labute approximate surface area is 160 Å². The Morgan fingerprint density at radius 3 is 2.81 bits per heavy atom. The molecule has 1 fully saturated rings. The molecule has 144 valence electrons. The number of hydrogen-bond acceptors (Lipinski definition) is 7. The minimum atomic E-state index is -0.520. The molecule has 1 aliphatic heterocycles. The third-order valence-corrected chi connectivity index (χ3v) is 4.15. The van der Waals surface area contributed by atoms with Crippen LogP contribution in [-0.4, -0.2) is 47.2 Å². The number of nitrogens with zero attached hydrogens (tertiary/aromatic N) is 3. The molecule has 1 saturated heterocycles. The van der Waals surface area contributed by atoms with Gasteiger partial charge in [-0.1, -0.05) is 30.3 Å². The molecule has 3 rings (SSSR count). The van der Waals surface area contributed by atoms with Crippen LogP contribution in [0.2, 0.25) is 0 Å². The molecule has 2 heterocycles. The number of aromatic nitrogens is 2. The molecule has 0 amide bonds. The van der Waals surface area contributed by atoms with Gasteiger partial charge in [0.15, 0.2) is 0 Å². The largest absolute Gasteiger partial charge is 0.458 e. The number of nitrogens with one attached hydrogen (secondary N) is 2. The smallest absolute Gasteiger partial charge is 0.330 e. The van der Waals surface area contributed by atoms with E-state index in [1.807, 2.05) is 62.1 Å². The molecule has 0 aliphatic carbocycles. The topological polar surface area (TPSA) is 79.4 Å². The predicted octanol–water partition coefficient (Wildman–Crippen LogP) is 2.21. The molecule has 1 unspecified atom stereocenters. The first-order valence-electron chi connectivity index (χ1n) is 9.23. The highest BCUT2D eigenvalue weighted by Crippen LogP contribution is 2.20. The molecule has 0 radical (unpaired) electrons. The SMILES string of the molecule is CC(C)(C)OC(=O)C1CNCCN1c1ccnc(NCc2ccccc2)n1. The van der Waals surface area contributed by atoms with E-state index < -0.39 is 11.6 Å². The predicted molar refractivity (Wildman–Crippen MR) is 106 cm³/mol. The van der Waals surface area contributed by atoms with Crippen molar-refractivity contribution >= 4 is 17.7 Å². The van der Waals surface area contributed by atoms with E-state index in [2.05, 4.69) is 20.6 Å². The average Bonchev–Trinajstić information content (AvgIpc) is 2.66. The Bertz CT molecular complexity index is 760. The summed E-state index contributed by atoms with van der Waals surface area (Å²) in [5.41, 5.74) is 0.633. The maximum Gasteiger partial charge on any atom is 0.330 e. The first-order valence-corrected chi connectivity index (χ1v) is 9.23. The zero-order valence-electron chi connectivity index (χ0n) is 16.1. The number of anilines is 2. The van der Waals surface area contributed by atoms with Gasteiger partial charge in [0.05, 0.1) is 0 Å². The standard InChI is InChI=1S/C20H27N5O2/c1-20(2,3)27-18(26)16-14-21-11-12-25(16)17-9-10-22-19(24-17)23-13-15-7-5-4-6-8-15/h4-10,16,21H,11-14H2,1-3H3,(H,22,23,24). The number of carbonyl (C=O) groups is 1. The third kappa shape index (κ3) is 5.40. The van der Waals surface area contributed by atoms with Crippen molar-refractivity contribution < 1.29 is 9.53 Å². The lowest BCUT2D eigenvalue weighted by Gasteiger charge is -2.36. The van der Waals surface area contributed by atoms with E-state index in [0.717, 1.165) is 17.9 Å². The quantitative estimate of drug-likeness (QED) is 0.782. The molecule has 1 aromatic heterocycles. The van der Waals surface area contributed by atoms with Gasteiger partial charge in [-0.2, -0.15) is 4.98 Å². The molecule has 1 aliphatic rings. The Hall–Kier alpha value is -2.67. The molecule has 7 heteroatoms. The molecule has 7 nitrogen and oxygen atoms in total. The van der Waals surface area contributed by atoms with E-state index in [9.17, 15) is 4.79 Å². The van der Waals surface area contributed by atoms with Gasteiger partial charge in [0.25, 0.3) is 0 Å². The van der Waals surface area contributed by atoms with Crippen LogP contribution in [0, 0.1) is 0 Å². The second kappa shape index (κ2) is 8.35. The summed E-state index contributed by atoms with van der Waals surface area (Å²) in [6, 6.07) is 11.5. The maximum atomic E-state index is 12.6. The van der Waals surface area contributed by atoms with Crippen molar-refractivity contribution in [1.82, 2.24) is 15.3 Å². The normalized spacial score (nSPS) is 17.4. The van der Waals surface area contributed by atoms with E-state index in [1.54, 1.807) is 6.20 Å². The van der Waals surface area contributed by atoms with Crippen LogP contribution in [-0.2, 0) is 16.1 Å². The molecule has 27 heavy (non-hydrogen) atoms. The van der Waals surface area contributed by atoms with Gasteiger partial charge in [-0.3, -0.25) is 0 Å². The van der Waals surface area contributed by atoms with E-state index in [4.69, 9.17) is 4.74 Å². The molecule has 0 bridgehead atoms. The molecule has 1 aromatic carbocycles. The average molecular weight is 369 g/mol. The van der Waals surface area contributed by atoms with Crippen molar-refractivity contribution in [3.8, 4) is 0 Å². The highest BCUT2D eigenvalue weighted by atomic mass is 16.6. The lowest BCUT2D eigenvalue weighted by Crippen LogP contribution is -2.56. The van der Waals surface area contributed by atoms with Crippen LogP contribution in [0.5, 0.6) is 0 Å². The highest BCUT2D eigenvalue weighted by Gasteiger charge is 2.33. The number of rotatable bonds is 5. The van der Waals surface area contributed by atoms with Gasteiger partial charge in [-0.25, -0.2) is 9.78 Å². The monoisotopic (exact) mass is 369 g/mol. The van der Waals surface area contributed by atoms with E-state index in [-0.39, 0.29) is 5.97 Å². The van der Waals surface area contributed by atoms with Gasteiger partial charge < -0.3 is 20.3 Å². The number of ether oxygens (including phenoxy) is 1. The van der Waals surface area contributed by atoms with Crippen molar-refractivity contribution in [2.24, 2.45) is 0 Å². The van der Waals surface area contributed by atoms with Gasteiger partial charge in [0, 0.05) is 32.4 Å². The summed E-state index contributed by atoms with van der Waals surface area (Å²) >= 11 is 0. The Kier molecular flexibility index (Phi) is 5.91. The number of piperazine rings is 1. The van der Waals surface area contributed by atoms with Crippen LogP contribution in [0.4, 0.5) is 11.8 Å². The molecule has 0 spiro atoms. The van der Waals surface area contributed by atoms with E-state index >= 15 is 0 Å². The van der Waals surface area contributed by atoms with Crippen LogP contribution in [0.25, 0.3) is 0 Å². The first kappa shape index (κ1) is 19.1. The second-order valence-corrected chi connectivity index (χ2v) is 7.52. The summed E-state index contributed by atoms with van der Waals surface area (Å²) in [4.78, 5) is 23.5. The second-order valence-electron chi connectivity index (χ2n) is 7.52. The Balaban J connectivity index is 1.72. The van der Waals surface area contributed by atoms with Crippen LogP contribution in [0.1, 0.15) is 26.3 Å². The third-order valence-electron chi connectivity index (χ3n) is 4.15. The Morgan fingerprint density at radius 1 is 1.30 bits per heavy atom. The molecular weight excluding hydrogens is 342 g/mol. The van der Waals surface area contributed by atoms with Crippen LogP contribution < -0.4 is 15.5 Å². The van der Waals surface area contributed by atoms with Gasteiger partial charge in [-0.15, -0.1) is 0 Å². The van der Waals surface area contributed by atoms with Crippen LogP contribution in [0.3, 0.4) is 0 Å². The minimum absolute atomic E-state index is 0.243. The maximum absolute atomic E-state index is 12.6. The molecular formula is C20H27N5O2. The summed E-state index contributed by atoms with van der Waals surface area (Å²) in [6.07, 6.45) is 1.71. The molecule has 2 N–H and O–H groups in total. The zero-order chi connectivity index (χ0) is 19.3. The summed E-state index contributed by atoms with van der Waals surface area (Å²) in [7, 11) is 0. The van der Waals surface area contributed by atoms with Crippen LogP contribution in [0.15, 0.2) is 42.6 Å². The summed E-state index contributed by atoms with van der Waals surface area (Å²) < 4.78 is 5.58. The molecule has 1 atom stereocenters. The van der Waals surface area contributed by atoms with E-state index in [1.165, 1.54) is 0 Å². The first-order chi connectivity index (χ1) is 12.9. The lowest BCUT2D eigenvalue weighted by molar-refractivity contribution is -0.156. The van der Waals surface area contributed by atoms with Crippen molar-refractivity contribution in [3.05, 3.63) is 48.2 Å². The highest BCUT2D eigenvalue weighted by molar-refractivity contribution is 5.80. The summed E-state index contributed by atoms with van der Waals surface area (Å²) in [5, 5.41) is 6.50. The summed E-state index contributed by atoms with van der Waals surface area (Å²) in [5.74, 6) is 1.02. The number of carbonyl (C=O) groups excluding carboxylic acids is 1. The lowest BCUT2D eigenvalue weighted by atomic mass is 10.1. The number of benzene rings is 1. The minimum Gasteiger partial charge on any atom is -0.458 e. The number of esters is 1. The van der Waals surface area contributed by atoms with E-state index in [0.29, 0.717) is 25.6 Å². The zero-order valence-corrected chi connectivity index (χ0v) is 16.1. The van der Waals surface area contributed by atoms with Gasteiger partial charge in [0.1, 0.15) is 17.5 Å². The van der Waals surface area contributed by atoms with Gasteiger partial charge >= 0.3 is 5.97 Å². The Morgan fingerprint density at radius 2 is 2.07 bits per heavy atom. The van der Waals surface area contributed by atoms with Crippen molar-refractivity contribution in [2.75, 3.05) is 29.9 Å². The van der Waals surface area contributed by atoms with Crippen molar-refractivity contribution in [1.29, 1.82) is 0 Å². The fourth-order valence-corrected chi connectivity index (χ4v) is 2.93. The van der Waals surface area contributed by atoms with Crippen molar-refractivity contribution in [2.45, 2.75) is 39.0 Å². The fraction of sp³-hybridized carbons (Fsp3) is 0.450. The molecule has 2 aromatic rings. The van der Waals surface area contributed by atoms with Crippen LogP contribution >= 0.6 is 0 Å². The summed E-state index contributed by atoms with van der Waals surface area (Å²) in [6.45, 7) is 8.27. The molecule has 0 saturated carbocycles. The van der Waals surface area contributed by atoms with Crippen molar-refractivity contribution in [3.63, 3.8) is 0 Å². The fourth-order valence-electron chi connectivity index (χ4n) is 2.93.